The van der Waals surface area contributed by atoms with Crippen molar-refractivity contribution in [2.75, 3.05) is 13.2 Å². The van der Waals surface area contributed by atoms with Crippen molar-refractivity contribution in [2.24, 2.45) is 5.73 Å². The minimum atomic E-state index is -0.185. The van der Waals surface area contributed by atoms with Crippen molar-refractivity contribution >= 4 is 35.5 Å². The van der Waals surface area contributed by atoms with Gasteiger partial charge in [-0.1, -0.05) is 6.92 Å². The number of nitrogens with two attached hydrogens (primary N) is 1. The average Bonchev–Trinajstić information content (AvgIpc) is 1.83. The Morgan fingerprint density at radius 3 is 2.56 bits per heavy atom. The van der Waals surface area contributed by atoms with Crippen LogP contribution in [0.15, 0.2) is 0 Å². The quantitative estimate of drug-likeness (QED) is 0.415. The maximum absolute atomic E-state index is 10.3. The normalized spacial score (nSPS) is 7.78. The molecular formula is C5H12NNaO2. The van der Waals surface area contributed by atoms with E-state index in [1.807, 2.05) is 0 Å². The van der Waals surface area contributed by atoms with Gasteiger partial charge in [0, 0.05) is 13.0 Å². The average molecular weight is 141 g/mol. The first kappa shape index (κ1) is 12.1. The second kappa shape index (κ2) is 8.43. The standard InChI is InChI=1S/C5H11NO2.Na.H/c1-2-5(7)8-4-3-6;;/h2-4,6H2,1H3;;. The van der Waals surface area contributed by atoms with E-state index in [1.54, 1.807) is 6.92 Å². The fourth-order valence-electron chi connectivity index (χ4n) is 0.275. The Hall–Kier alpha value is 0.430. The molecule has 0 radical (unpaired) electrons. The van der Waals surface area contributed by atoms with Crippen molar-refractivity contribution in [3.63, 3.8) is 0 Å². The zero-order valence-electron chi connectivity index (χ0n) is 5.02. The summed E-state index contributed by atoms with van der Waals surface area (Å²) in [6.45, 7) is 2.50. The molecule has 50 valence electrons. The van der Waals surface area contributed by atoms with Crippen molar-refractivity contribution in [2.45, 2.75) is 13.3 Å². The van der Waals surface area contributed by atoms with Crippen LogP contribution >= 0.6 is 0 Å². The number of hydrogen-bond donors (Lipinski definition) is 1. The molecule has 0 aromatic rings. The van der Waals surface area contributed by atoms with Gasteiger partial charge < -0.3 is 10.5 Å². The summed E-state index contributed by atoms with van der Waals surface area (Å²) in [6.07, 6.45) is 0.431. The van der Waals surface area contributed by atoms with Gasteiger partial charge in [-0.05, 0) is 0 Å². The molecule has 9 heavy (non-hydrogen) atoms. The molecule has 0 aliphatic rings. The molecule has 0 aliphatic heterocycles. The molecule has 0 bridgehead atoms. The molecule has 0 heterocycles. The maximum atomic E-state index is 10.3. The molecule has 0 rings (SSSR count). The zero-order chi connectivity index (χ0) is 6.41. The second-order valence-corrected chi connectivity index (χ2v) is 1.36. The summed E-state index contributed by atoms with van der Waals surface area (Å²) in [7, 11) is 0. The summed E-state index contributed by atoms with van der Waals surface area (Å²) in [6, 6.07) is 0. The fraction of sp³-hybridized carbons (Fsp3) is 0.800. The third-order valence-electron chi connectivity index (χ3n) is 0.670. The third kappa shape index (κ3) is 8.43. The Morgan fingerprint density at radius 1 is 1.67 bits per heavy atom. The van der Waals surface area contributed by atoms with Crippen LogP contribution < -0.4 is 5.73 Å². The molecule has 3 nitrogen and oxygen atoms in total. The van der Waals surface area contributed by atoms with Gasteiger partial charge in [0.25, 0.3) is 0 Å². The van der Waals surface area contributed by atoms with Crippen molar-refractivity contribution < 1.29 is 9.53 Å². The van der Waals surface area contributed by atoms with Crippen LogP contribution in [-0.4, -0.2) is 48.7 Å². The molecule has 0 saturated carbocycles. The van der Waals surface area contributed by atoms with Crippen LogP contribution in [0.5, 0.6) is 0 Å². The summed E-state index contributed by atoms with van der Waals surface area (Å²) < 4.78 is 4.58. The molecule has 0 aliphatic carbocycles. The van der Waals surface area contributed by atoms with Gasteiger partial charge in [-0.3, -0.25) is 4.79 Å². The molecule has 0 aromatic heterocycles. The van der Waals surface area contributed by atoms with E-state index in [0.29, 0.717) is 19.6 Å². The molecule has 0 fully saturated rings. The van der Waals surface area contributed by atoms with Crippen LogP contribution in [-0.2, 0) is 9.53 Å². The summed E-state index contributed by atoms with van der Waals surface area (Å²) in [5.74, 6) is -0.185. The Kier molecular flexibility index (Phi) is 11.4. The van der Waals surface area contributed by atoms with E-state index in [-0.39, 0.29) is 35.5 Å². The predicted molar refractivity (Wildman–Crippen MR) is 37.5 cm³/mol. The third-order valence-corrected chi connectivity index (χ3v) is 0.670. The van der Waals surface area contributed by atoms with E-state index < -0.39 is 0 Å². The first-order valence-electron chi connectivity index (χ1n) is 2.67. The fourth-order valence-corrected chi connectivity index (χ4v) is 0.275. The molecule has 0 spiro atoms. The monoisotopic (exact) mass is 141 g/mol. The Bertz CT molecular complexity index is 77.4. The summed E-state index contributed by atoms with van der Waals surface area (Å²) in [5, 5.41) is 0. The second-order valence-electron chi connectivity index (χ2n) is 1.36. The van der Waals surface area contributed by atoms with E-state index in [4.69, 9.17) is 5.73 Å². The molecule has 0 atom stereocenters. The number of rotatable bonds is 3. The molecule has 4 heteroatoms. The molecule has 0 amide bonds. The number of carbonyl (C=O) groups excluding carboxylic acids is 1. The van der Waals surface area contributed by atoms with Gasteiger partial charge in [-0.25, -0.2) is 0 Å². The number of hydrogen-bond acceptors (Lipinski definition) is 3. The zero-order valence-corrected chi connectivity index (χ0v) is 5.02. The van der Waals surface area contributed by atoms with Crippen LogP contribution in [0.4, 0.5) is 0 Å². The number of esters is 1. The minimum absolute atomic E-state index is 0. The van der Waals surface area contributed by atoms with E-state index in [2.05, 4.69) is 4.74 Å². The van der Waals surface area contributed by atoms with Crippen molar-refractivity contribution in [3.8, 4) is 0 Å². The van der Waals surface area contributed by atoms with Gasteiger partial charge in [0.15, 0.2) is 0 Å². The van der Waals surface area contributed by atoms with Gasteiger partial charge >= 0.3 is 35.5 Å². The van der Waals surface area contributed by atoms with Crippen LogP contribution in [0.25, 0.3) is 0 Å². The molecule has 0 unspecified atom stereocenters. The van der Waals surface area contributed by atoms with Crippen molar-refractivity contribution in [1.82, 2.24) is 0 Å². The Labute approximate surface area is 77.2 Å². The predicted octanol–water partition coefficient (Wildman–Crippen LogP) is -0.750. The summed E-state index contributed by atoms with van der Waals surface area (Å²) in [4.78, 5) is 10.3. The van der Waals surface area contributed by atoms with E-state index in [1.165, 1.54) is 0 Å². The molecular weight excluding hydrogens is 129 g/mol. The molecule has 0 saturated heterocycles. The Morgan fingerprint density at radius 2 is 2.22 bits per heavy atom. The van der Waals surface area contributed by atoms with E-state index in [9.17, 15) is 4.79 Å². The van der Waals surface area contributed by atoms with E-state index in [0.717, 1.165) is 0 Å². The SMILES string of the molecule is CCC(=O)OCCN.[NaH]. The van der Waals surface area contributed by atoms with Crippen molar-refractivity contribution in [1.29, 1.82) is 0 Å². The first-order valence-corrected chi connectivity index (χ1v) is 2.67. The van der Waals surface area contributed by atoms with E-state index >= 15 is 0 Å². The number of ether oxygens (including phenoxy) is 1. The van der Waals surface area contributed by atoms with Crippen LogP contribution in [0.1, 0.15) is 13.3 Å². The molecule has 0 aromatic carbocycles. The van der Waals surface area contributed by atoms with Crippen LogP contribution in [0, 0.1) is 0 Å². The summed E-state index contributed by atoms with van der Waals surface area (Å²) in [5.41, 5.74) is 5.05. The molecule has 2 N–H and O–H groups in total. The Balaban J connectivity index is 0. The first-order chi connectivity index (χ1) is 3.81. The van der Waals surface area contributed by atoms with Gasteiger partial charge in [0.1, 0.15) is 6.61 Å². The van der Waals surface area contributed by atoms with Crippen LogP contribution in [0.3, 0.4) is 0 Å². The summed E-state index contributed by atoms with van der Waals surface area (Å²) >= 11 is 0. The van der Waals surface area contributed by atoms with Crippen molar-refractivity contribution in [3.05, 3.63) is 0 Å². The van der Waals surface area contributed by atoms with Crippen LogP contribution in [0.2, 0.25) is 0 Å². The number of carbonyl (C=O) groups is 1. The van der Waals surface area contributed by atoms with Gasteiger partial charge in [-0.15, -0.1) is 0 Å². The van der Waals surface area contributed by atoms with Gasteiger partial charge in [-0.2, -0.15) is 0 Å². The topological polar surface area (TPSA) is 52.3 Å². The van der Waals surface area contributed by atoms with Gasteiger partial charge in [0.05, 0.1) is 0 Å². The van der Waals surface area contributed by atoms with Gasteiger partial charge in [0.2, 0.25) is 0 Å².